The molecule has 1 aromatic heterocycles. The Morgan fingerprint density at radius 2 is 1.74 bits per heavy atom. The van der Waals surface area contributed by atoms with Gasteiger partial charge in [0.1, 0.15) is 18.4 Å². The van der Waals surface area contributed by atoms with E-state index in [1.807, 2.05) is 49.4 Å². The molecule has 0 saturated heterocycles. The molecular weight excluding hydrogens is 543 g/mol. The zero-order chi connectivity index (χ0) is 26.6. The number of halogens is 2. The van der Waals surface area contributed by atoms with E-state index in [1.54, 1.807) is 22.9 Å². The fourth-order valence-corrected chi connectivity index (χ4v) is 5.46. The average Bonchev–Trinajstić information content (AvgIpc) is 3.34. The number of hydrogen-bond acceptors (Lipinski definition) is 7. The number of hydrogen-bond donors (Lipinski definition) is 1. The van der Waals surface area contributed by atoms with Crippen LogP contribution >= 0.6 is 35.0 Å². The number of allylic oxidation sites excluding steroid dienone is 1. The number of fused-ring (bicyclic) bond motifs is 1. The van der Waals surface area contributed by atoms with Crippen molar-refractivity contribution in [2.45, 2.75) is 30.5 Å². The summed E-state index contributed by atoms with van der Waals surface area (Å²) in [4.78, 5) is 17.5. The minimum Gasteiger partial charge on any atom is -0.489 e. The Morgan fingerprint density at radius 3 is 2.42 bits per heavy atom. The van der Waals surface area contributed by atoms with Crippen molar-refractivity contribution in [3.63, 3.8) is 0 Å². The van der Waals surface area contributed by atoms with Crippen molar-refractivity contribution in [1.29, 1.82) is 0 Å². The summed E-state index contributed by atoms with van der Waals surface area (Å²) in [7, 11) is 1.37. The molecule has 1 aliphatic rings. The molecule has 0 spiro atoms. The summed E-state index contributed by atoms with van der Waals surface area (Å²) in [6, 6.07) is 22.4. The molecular formula is C28H24Cl2N4O3S. The molecule has 1 unspecified atom stereocenters. The van der Waals surface area contributed by atoms with Crippen LogP contribution in [0.4, 0.5) is 5.95 Å². The standard InChI is InChI=1S/C28H24Cl2N4O3S/c1-17-24(26(35)36-2)25(34-27(31-17)32-28(33-34)38-16-18-7-4-3-5-8-18)19-11-13-20(14-12-19)37-15-21-22(29)9-6-10-23(21)30/h3-14,25H,15-16H2,1-2H3,(H,31,32,33). The van der Waals surface area contributed by atoms with Crippen molar-refractivity contribution in [3.8, 4) is 5.75 Å². The van der Waals surface area contributed by atoms with Gasteiger partial charge < -0.3 is 14.8 Å². The number of rotatable bonds is 8. The molecule has 2 heterocycles. The summed E-state index contributed by atoms with van der Waals surface area (Å²) in [5.74, 6) is 1.49. The van der Waals surface area contributed by atoms with Crippen LogP contribution in [-0.2, 0) is 21.9 Å². The van der Waals surface area contributed by atoms with Gasteiger partial charge in [-0.1, -0.05) is 83.5 Å². The van der Waals surface area contributed by atoms with E-state index in [9.17, 15) is 4.79 Å². The fraction of sp³-hybridized carbons (Fsp3) is 0.179. The fourth-order valence-electron chi connectivity index (χ4n) is 4.17. The van der Waals surface area contributed by atoms with E-state index in [0.29, 0.717) is 38.2 Å². The molecule has 0 aliphatic carbocycles. The highest BCUT2D eigenvalue weighted by atomic mass is 35.5. The number of methoxy groups -OCH3 is 1. The highest BCUT2D eigenvalue weighted by molar-refractivity contribution is 7.98. The van der Waals surface area contributed by atoms with E-state index in [0.717, 1.165) is 16.9 Å². The van der Waals surface area contributed by atoms with E-state index in [2.05, 4.69) is 22.4 Å². The first-order chi connectivity index (χ1) is 18.4. The molecule has 10 heteroatoms. The van der Waals surface area contributed by atoms with Crippen LogP contribution in [0.15, 0.2) is 89.2 Å². The van der Waals surface area contributed by atoms with Crippen LogP contribution in [0.5, 0.6) is 5.75 Å². The van der Waals surface area contributed by atoms with Crippen LogP contribution in [0.1, 0.15) is 29.7 Å². The second-order valence-corrected chi connectivity index (χ2v) is 10.3. The van der Waals surface area contributed by atoms with Gasteiger partial charge >= 0.3 is 5.97 Å². The summed E-state index contributed by atoms with van der Waals surface area (Å²) >= 11 is 14.1. The van der Waals surface area contributed by atoms with E-state index in [1.165, 1.54) is 24.4 Å². The van der Waals surface area contributed by atoms with Gasteiger partial charge in [0.05, 0.1) is 12.7 Å². The maximum absolute atomic E-state index is 12.8. The second kappa shape index (κ2) is 11.5. The smallest absolute Gasteiger partial charge is 0.338 e. The van der Waals surface area contributed by atoms with Gasteiger partial charge in [0.25, 0.3) is 0 Å². The van der Waals surface area contributed by atoms with E-state index in [-0.39, 0.29) is 6.61 Å². The Kier molecular flexibility index (Phi) is 7.93. The molecule has 194 valence electrons. The predicted octanol–water partition coefficient (Wildman–Crippen LogP) is 6.92. The molecule has 7 nitrogen and oxygen atoms in total. The van der Waals surface area contributed by atoms with Crippen LogP contribution in [-0.4, -0.2) is 27.8 Å². The molecule has 4 aromatic rings. The summed E-state index contributed by atoms with van der Waals surface area (Å²) in [5, 5.41) is 9.66. The number of thioether (sulfide) groups is 1. The summed E-state index contributed by atoms with van der Waals surface area (Å²) in [6.45, 7) is 2.06. The Morgan fingerprint density at radius 1 is 1.03 bits per heavy atom. The number of carbonyl (C=O) groups excluding carboxylic acids is 1. The molecule has 3 aromatic carbocycles. The van der Waals surface area contributed by atoms with Crippen LogP contribution < -0.4 is 10.1 Å². The lowest BCUT2D eigenvalue weighted by Crippen LogP contribution is -2.29. The maximum Gasteiger partial charge on any atom is 0.338 e. The van der Waals surface area contributed by atoms with Crippen LogP contribution in [0.3, 0.4) is 0 Å². The SMILES string of the molecule is COC(=O)C1=C(C)Nc2nc(SCc3ccccc3)nn2C1c1ccc(OCc2c(Cl)cccc2Cl)cc1. The summed E-state index contributed by atoms with van der Waals surface area (Å²) in [5.41, 5.74) is 3.85. The van der Waals surface area contributed by atoms with Crippen molar-refractivity contribution >= 4 is 46.9 Å². The average molecular weight is 567 g/mol. The predicted molar refractivity (Wildman–Crippen MR) is 150 cm³/mol. The molecule has 0 radical (unpaired) electrons. The molecule has 1 atom stereocenters. The molecule has 0 bridgehead atoms. The third kappa shape index (κ3) is 5.53. The molecule has 5 rings (SSSR count). The van der Waals surface area contributed by atoms with E-state index >= 15 is 0 Å². The number of nitrogens with one attached hydrogen (secondary N) is 1. The Hall–Kier alpha value is -3.46. The van der Waals surface area contributed by atoms with Crippen molar-refractivity contribution in [1.82, 2.24) is 14.8 Å². The zero-order valence-corrected chi connectivity index (χ0v) is 23.0. The first-order valence-electron chi connectivity index (χ1n) is 11.8. The van der Waals surface area contributed by atoms with Gasteiger partial charge in [0, 0.05) is 27.1 Å². The number of anilines is 1. The maximum atomic E-state index is 12.8. The first-order valence-corrected chi connectivity index (χ1v) is 13.5. The Labute approximate surface area is 234 Å². The number of aromatic nitrogens is 3. The van der Waals surface area contributed by atoms with Crippen LogP contribution in [0.25, 0.3) is 0 Å². The minimum absolute atomic E-state index is 0.229. The lowest BCUT2D eigenvalue weighted by Gasteiger charge is -2.27. The van der Waals surface area contributed by atoms with Gasteiger partial charge in [-0.05, 0) is 42.3 Å². The number of esters is 1. The van der Waals surface area contributed by atoms with E-state index < -0.39 is 12.0 Å². The molecule has 0 amide bonds. The lowest BCUT2D eigenvalue weighted by atomic mass is 9.96. The largest absolute Gasteiger partial charge is 0.489 e. The number of carbonyl (C=O) groups is 1. The van der Waals surface area contributed by atoms with Gasteiger partial charge in [-0.15, -0.1) is 5.10 Å². The van der Waals surface area contributed by atoms with Crippen molar-refractivity contribution in [2.75, 3.05) is 12.4 Å². The van der Waals surface area contributed by atoms with Gasteiger partial charge in [-0.25, -0.2) is 9.48 Å². The molecule has 38 heavy (non-hydrogen) atoms. The Balaban J connectivity index is 1.41. The number of benzene rings is 3. The summed E-state index contributed by atoms with van der Waals surface area (Å²) in [6.07, 6.45) is 0. The summed E-state index contributed by atoms with van der Waals surface area (Å²) < 4.78 is 12.8. The molecule has 0 fully saturated rings. The Bertz CT molecular complexity index is 1470. The molecule has 0 saturated carbocycles. The second-order valence-electron chi connectivity index (χ2n) is 8.55. The van der Waals surface area contributed by atoms with Gasteiger partial charge in [0.2, 0.25) is 11.1 Å². The third-order valence-electron chi connectivity index (χ3n) is 6.09. The zero-order valence-electron chi connectivity index (χ0n) is 20.7. The van der Waals surface area contributed by atoms with E-state index in [4.69, 9.17) is 37.8 Å². The minimum atomic E-state index is -0.524. The molecule has 1 N–H and O–H groups in total. The van der Waals surface area contributed by atoms with Gasteiger partial charge in [-0.2, -0.15) is 4.98 Å². The van der Waals surface area contributed by atoms with Gasteiger partial charge in [0.15, 0.2) is 0 Å². The number of nitrogens with zero attached hydrogens (tertiary/aromatic N) is 3. The topological polar surface area (TPSA) is 78.3 Å². The number of ether oxygens (including phenoxy) is 2. The highest BCUT2D eigenvalue weighted by Gasteiger charge is 2.35. The van der Waals surface area contributed by atoms with Crippen molar-refractivity contribution in [3.05, 3.63) is 111 Å². The molecule has 1 aliphatic heterocycles. The monoisotopic (exact) mass is 566 g/mol. The highest BCUT2D eigenvalue weighted by Crippen LogP contribution is 2.37. The normalized spacial score (nSPS) is 14.6. The third-order valence-corrected chi connectivity index (χ3v) is 7.71. The van der Waals surface area contributed by atoms with Gasteiger partial charge in [-0.3, -0.25) is 0 Å². The quantitative estimate of drug-likeness (QED) is 0.183. The van der Waals surface area contributed by atoms with Crippen molar-refractivity contribution < 1.29 is 14.3 Å². The first kappa shape index (κ1) is 26.2. The lowest BCUT2D eigenvalue weighted by molar-refractivity contribution is -0.136. The van der Waals surface area contributed by atoms with Crippen molar-refractivity contribution in [2.24, 2.45) is 0 Å². The van der Waals surface area contributed by atoms with Crippen LogP contribution in [0.2, 0.25) is 10.0 Å². The van der Waals surface area contributed by atoms with Crippen LogP contribution in [0, 0.1) is 0 Å².